The molecular weight excluding hydrogens is 230 g/mol. The fourth-order valence-corrected chi connectivity index (χ4v) is 2.28. The highest BCUT2D eigenvalue weighted by Gasteiger charge is 2.19. The Labute approximate surface area is 101 Å². The van der Waals surface area contributed by atoms with Crippen LogP contribution in [0.1, 0.15) is 27.6 Å². The van der Waals surface area contributed by atoms with Crippen molar-refractivity contribution in [1.29, 1.82) is 0 Å². The number of benzene rings is 1. The molecule has 1 aromatic rings. The maximum atomic E-state index is 6.22. The van der Waals surface area contributed by atoms with E-state index in [2.05, 4.69) is 12.6 Å². The molecule has 2 N–H and O–H groups in total. The number of hydrogen-bond acceptors (Lipinski definition) is 3. The summed E-state index contributed by atoms with van der Waals surface area (Å²) < 4.78 is 5.37. The van der Waals surface area contributed by atoms with E-state index >= 15 is 0 Å². The first-order valence-electron chi connectivity index (χ1n) is 4.68. The molecule has 0 bridgehead atoms. The highest BCUT2D eigenvalue weighted by molar-refractivity contribution is 7.80. The summed E-state index contributed by atoms with van der Waals surface area (Å²) in [7, 11) is 1.63. The molecule has 0 spiro atoms. The van der Waals surface area contributed by atoms with Gasteiger partial charge in [0.15, 0.2) is 0 Å². The smallest absolute Gasteiger partial charge is 0.128 e. The summed E-state index contributed by atoms with van der Waals surface area (Å²) in [6.07, 6.45) is 0. The van der Waals surface area contributed by atoms with Crippen molar-refractivity contribution in [2.75, 3.05) is 7.11 Å². The lowest BCUT2D eigenvalue weighted by molar-refractivity contribution is 0.405. The van der Waals surface area contributed by atoms with Gasteiger partial charge in [0, 0.05) is 10.6 Å². The SMILES string of the molecule is COc1c(C)c(C)c(Cl)c(C)c1C(N)S. The van der Waals surface area contributed by atoms with Gasteiger partial charge in [-0.25, -0.2) is 0 Å². The second-order valence-electron chi connectivity index (χ2n) is 3.58. The molecule has 1 unspecified atom stereocenters. The molecule has 2 nitrogen and oxygen atoms in total. The Kier molecular flexibility index (Phi) is 3.93. The average molecular weight is 246 g/mol. The second kappa shape index (κ2) is 4.64. The maximum absolute atomic E-state index is 6.22. The van der Waals surface area contributed by atoms with Gasteiger partial charge in [-0.1, -0.05) is 11.6 Å². The van der Waals surface area contributed by atoms with E-state index in [4.69, 9.17) is 22.1 Å². The fourth-order valence-electron chi connectivity index (χ4n) is 1.73. The molecule has 0 aliphatic heterocycles. The zero-order chi connectivity index (χ0) is 11.7. The minimum absolute atomic E-state index is 0.378. The van der Waals surface area contributed by atoms with Crippen LogP contribution in [0.15, 0.2) is 0 Å². The van der Waals surface area contributed by atoms with Gasteiger partial charge in [0.1, 0.15) is 5.75 Å². The molecule has 15 heavy (non-hydrogen) atoms. The third-order valence-electron chi connectivity index (χ3n) is 2.71. The van der Waals surface area contributed by atoms with Crippen LogP contribution in [-0.2, 0) is 0 Å². The van der Waals surface area contributed by atoms with Crippen LogP contribution < -0.4 is 10.5 Å². The van der Waals surface area contributed by atoms with Crippen LogP contribution in [0.2, 0.25) is 5.02 Å². The van der Waals surface area contributed by atoms with Gasteiger partial charge in [-0.15, -0.1) is 0 Å². The summed E-state index contributed by atoms with van der Waals surface area (Å²) in [6.45, 7) is 5.88. The van der Waals surface area contributed by atoms with Crippen LogP contribution in [0.4, 0.5) is 0 Å². The van der Waals surface area contributed by atoms with Crippen molar-refractivity contribution in [2.45, 2.75) is 26.1 Å². The standard InChI is InChI=1S/C11H16ClNOS/c1-5-6(2)10(14-4)8(11(13)15)7(3)9(5)12/h11,15H,13H2,1-4H3. The summed E-state index contributed by atoms with van der Waals surface area (Å²) in [5.41, 5.74) is 9.67. The molecule has 1 rings (SSSR count). The lowest BCUT2D eigenvalue weighted by Crippen LogP contribution is -2.09. The van der Waals surface area contributed by atoms with E-state index in [0.717, 1.165) is 33.0 Å². The van der Waals surface area contributed by atoms with E-state index in [1.54, 1.807) is 7.11 Å². The zero-order valence-corrected chi connectivity index (χ0v) is 11.0. The molecule has 0 saturated carbocycles. The van der Waals surface area contributed by atoms with Gasteiger partial charge in [0.2, 0.25) is 0 Å². The highest BCUT2D eigenvalue weighted by atomic mass is 35.5. The lowest BCUT2D eigenvalue weighted by atomic mass is 9.98. The number of hydrogen-bond donors (Lipinski definition) is 2. The van der Waals surface area contributed by atoms with Crippen LogP contribution in [0, 0.1) is 20.8 Å². The van der Waals surface area contributed by atoms with Crippen LogP contribution in [-0.4, -0.2) is 7.11 Å². The van der Waals surface area contributed by atoms with Gasteiger partial charge < -0.3 is 10.5 Å². The summed E-state index contributed by atoms with van der Waals surface area (Å²) in [5, 5.41) is 0.365. The first-order chi connectivity index (χ1) is 6.91. The van der Waals surface area contributed by atoms with Gasteiger partial charge in [-0.05, 0) is 37.5 Å². The van der Waals surface area contributed by atoms with Gasteiger partial charge in [0.25, 0.3) is 0 Å². The number of ether oxygens (including phenoxy) is 1. The Hall–Kier alpha value is -0.380. The molecular formula is C11H16ClNOS. The Balaban J connectivity index is 3.62. The third-order valence-corrected chi connectivity index (χ3v) is 3.54. The predicted octanol–water partition coefficient (Wildman–Crippen LogP) is 3.16. The molecule has 0 aliphatic carbocycles. The Morgan fingerprint density at radius 2 is 1.73 bits per heavy atom. The van der Waals surface area contributed by atoms with E-state index in [1.165, 1.54) is 0 Å². The summed E-state index contributed by atoms with van der Waals surface area (Å²) in [6, 6.07) is 0. The van der Waals surface area contributed by atoms with Crippen molar-refractivity contribution in [3.63, 3.8) is 0 Å². The lowest BCUT2D eigenvalue weighted by Gasteiger charge is -2.20. The van der Waals surface area contributed by atoms with Crippen molar-refractivity contribution < 1.29 is 4.74 Å². The summed E-state index contributed by atoms with van der Waals surface area (Å²) >= 11 is 10.5. The van der Waals surface area contributed by atoms with E-state index in [-0.39, 0.29) is 5.37 Å². The third kappa shape index (κ3) is 2.10. The van der Waals surface area contributed by atoms with Crippen molar-refractivity contribution in [3.05, 3.63) is 27.3 Å². The molecule has 0 saturated heterocycles. The molecule has 0 fully saturated rings. The molecule has 84 valence electrons. The molecule has 0 heterocycles. The molecule has 1 atom stereocenters. The number of rotatable bonds is 2. The Bertz CT molecular complexity index is 391. The quantitative estimate of drug-likeness (QED) is 0.620. The zero-order valence-electron chi connectivity index (χ0n) is 9.39. The first kappa shape index (κ1) is 12.7. The minimum Gasteiger partial charge on any atom is -0.496 e. The van der Waals surface area contributed by atoms with E-state index in [9.17, 15) is 0 Å². The van der Waals surface area contributed by atoms with Crippen molar-refractivity contribution in [2.24, 2.45) is 5.73 Å². The van der Waals surface area contributed by atoms with Gasteiger partial charge in [0.05, 0.1) is 12.5 Å². The largest absolute Gasteiger partial charge is 0.496 e. The highest BCUT2D eigenvalue weighted by Crippen LogP contribution is 2.39. The minimum atomic E-state index is -0.378. The number of nitrogens with two attached hydrogens (primary N) is 1. The molecule has 4 heteroatoms. The fraction of sp³-hybridized carbons (Fsp3) is 0.455. The summed E-state index contributed by atoms with van der Waals surface area (Å²) in [5.74, 6) is 0.789. The van der Waals surface area contributed by atoms with Crippen LogP contribution >= 0.6 is 24.2 Å². The van der Waals surface area contributed by atoms with Crippen LogP contribution in [0.3, 0.4) is 0 Å². The van der Waals surface area contributed by atoms with Gasteiger partial charge in [-0.2, -0.15) is 12.6 Å². The molecule has 0 aromatic heterocycles. The van der Waals surface area contributed by atoms with Crippen LogP contribution in [0.25, 0.3) is 0 Å². The van der Waals surface area contributed by atoms with Gasteiger partial charge in [-0.3, -0.25) is 0 Å². The average Bonchev–Trinajstić information content (AvgIpc) is 2.19. The first-order valence-corrected chi connectivity index (χ1v) is 5.58. The molecule has 1 aromatic carbocycles. The van der Waals surface area contributed by atoms with Crippen molar-refractivity contribution in [3.8, 4) is 5.75 Å². The maximum Gasteiger partial charge on any atom is 0.128 e. The second-order valence-corrected chi connectivity index (χ2v) is 4.52. The molecule has 0 aliphatic rings. The van der Waals surface area contributed by atoms with Crippen molar-refractivity contribution >= 4 is 24.2 Å². The van der Waals surface area contributed by atoms with E-state index in [0.29, 0.717) is 0 Å². The van der Waals surface area contributed by atoms with Crippen molar-refractivity contribution in [1.82, 2.24) is 0 Å². The Morgan fingerprint density at radius 3 is 2.13 bits per heavy atom. The summed E-state index contributed by atoms with van der Waals surface area (Å²) in [4.78, 5) is 0. The normalized spacial score (nSPS) is 12.7. The number of thiol groups is 1. The monoisotopic (exact) mass is 245 g/mol. The topological polar surface area (TPSA) is 35.2 Å². The van der Waals surface area contributed by atoms with Gasteiger partial charge >= 0.3 is 0 Å². The number of methoxy groups -OCH3 is 1. The van der Waals surface area contributed by atoms with E-state index in [1.807, 2.05) is 20.8 Å². The molecule has 0 amide bonds. The van der Waals surface area contributed by atoms with E-state index < -0.39 is 0 Å². The number of halogens is 1. The van der Waals surface area contributed by atoms with Crippen LogP contribution in [0.5, 0.6) is 5.75 Å². The predicted molar refractivity (Wildman–Crippen MR) is 68.1 cm³/mol. The Morgan fingerprint density at radius 1 is 1.20 bits per heavy atom. The molecule has 0 radical (unpaired) electrons.